The van der Waals surface area contributed by atoms with Crippen molar-refractivity contribution in [3.8, 4) is 0 Å². The third kappa shape index (κ3) is 6.18. The number of anilines is 2. The van der Waals surface area contributed by atoms with Crippen molar-refractivity contribution in [1.82, 2.24) is 20.6 Å². The number of hydrogen-bond acceptors (Lipinski definition) is 6. The molecule has 0 fully saturated rings. The summed E-state index contributed by atoms with van der Waals surface area (Å²) in [5.41, 5.74) is 3.15. The molecule has 0 bridgehead atoms. The third-order valence-electron chi connectivity index (χ3n) is 4.36. The lowest BCUT2D eigenvalue weighted by Crippen LogP contribution is -2.36. The van der Waals surface area contributed by atoms with Gasteiger partial charge in [-0.15, -0.1) is 35.3 Å². The first-order valence-corrected chi connectivity index (χ1v) is 10.6. The van der Waals surface area contributed by atoms with Crippen molar-refractivity contribution in [3.63, 3.8) is 0 Å². The van der Waals surface area contributed by atoms with Crippen LogP contribution in [0.4, 0.5) is 10.9 Å². The molecule has 9 heteroatoms. The lowest BCUT2D eigenvalue weighted by atomic mass is 10.1. The zero-order valence-corrected chi connectivity index (χ0v) is 21.3. The van der Waals surface area contributed by atoms with Gasteiger partial charge in [-0.1, -0.05) is 18.2 Å². The first-order valence-electron chi connectivity index (χ1n) is 9.67. The normalized spacial score (nSPS) is 11.2. The molecule has 3 rings (SSSR count). The summed E-state index contributed by atoms with van der Waals surface area (Å²) >= 11 is 1.64. The highest BCUT2D eigenvalue weighted by atomic mass is 127. The molecule has 0 aliphatic rings. The Morgan fingerprint density at radius 3 is 2.50 bits per heavy atom. The van der Waals surface area contributed by atoms with Crippen LogP contribution in [0.15, 0.2) is 40.7 Å². The number of nitrogens with one attached hydrogen (secondary N) is 2. The Balaban J connectivity index is 0.00000320. The molecule has 1 aromatic carbocycles. The van der Waals surface area contributed by atoms with Crippen molar-refractivity contribution >= 4 is 63.1 Å². The van der Waals surface area contributed by atoms with Crippen LogP contribution in [-0.2, 0) is 13.1 Å². The molecule has 0 amide bonds. The van der Waals surface area contributed by atoms with Crippen LogP contribution in [0, 0.1) is 0 Å². The number of benzene rings is 1. The number of aromatic nitrogens is 2. The maximum atomic E-state index is 4.80. The maximum absolute atomic E-state index is 4.80. The molecule has 0 atom stereocenters. The number of rotatable bonds is 7. The highest BCUT2D eigenvalue weighted by Gasteiger charge is 2.08. The molecule has 2 aromatic heterocycles. The van der Waals surface area contributed by atoms with Gasteiger partial charge in [0, 0.05) is 45.5 Å². The van der Waals surface area contributed by atoms with E-state index in [2.05, 4.69) is 40.1 Å². The lowest BCUT2D eigenvalue weighted by Gasteiger charge is -2.15. The van der Waals surface area contributed by atoms with Gasteiger partial charge < -0.3 is 20.4 Å². The minimum Gasteiger partial charge on any atom is -0.363 e. The van der Waals surface area contributed by atoms with Crippen LogP contribution in [0.25, 0.3) is 10.9 Å². The molecule has 2 N–H and O–H groups in total. The van der Waals surface area contributed by atoms with Gasteiger partial charge in [0.25, 0.3) is 0 Å². The number of aliphatic imine (C=N–C) groups is 1. The van der Waals surface area contributed by atoms with Crippen LogP contribution in [0.5, 0.6) is 0 Å². The predicted molar refractivity (Wildman–Crippen MR) is 140 cm³/mol. The minimum atomic E-state index is 0. The molecule has 0 saturated carbocycles. The standard InChI is InChI=1S/C21H29N7S.HI/c1-6-22-20(24-13-16-14-29-21(25-16)28(4)5)23-12-15-11-19(27(2)3)26-18-10-8-7-9-17(15)18;/h7-11,14H,6,12-13H2,1-5H3,(H2,22,23,24);1H. The Morgan fingerprint density at radius 2 is 1.83 bits per heavy atom. The summed E-state index contributed by atoms with van der Waals surface area (Å²) in [4.78, 5) is 18.2. The van der Waals surface area contributed by atoms with Gasteiger partial charge in [-0.05, 0) is 24.6 Å². The number of thiazole rings is 1. The molecule has 2 heterocycles. The van der Waals surface area contributed by atoms with E-state index in [4.69, 9.17) is 9.98 Å². The van der Waals surface area contributed by atoms with E-state index in [0.29, 0.717) is 13.1 Å². The van der Waals surface area contributed by atoms with Crippen molar-refractivity contribution in [2.75, 3.05) is 44.5 Å². The first kappa shape index (κ1) is 24.1. The van der Waals surface area contributed by atoms with E-state index in [9.17, 15) is 0 Å². The summed E-state index contributed by atoms with van der Waals surface area (Å²) in [6.07, 6.45) is 0. The van der Waals surface area contributed by atoms with Gasteiger partial charge in [-0.3, -0.25) is 0 Å². The van der Waals surface area contributed by atoms with Gasteiger partial charge in [0.15, 0.2) is 11.1 Å². The Hall–Kier alpha value is -2.14. The highest BCUT2D eigenvalue weighted by Crippen LogP contribution is 2.23. The first-order chi connectivity index (χ1) is 14.0. The number of hydrogen-bond donors (Lipinski definition) is 2. The zero-order valence-electron chi connectivity index (χ0n) is 18.1. The van der Waals surface area contributed by atoms with Gasteiger partial charge in [-0.25, -0.2) is 15.0 Å². The molecule has 0 saturated heterocycles. The minimum absolute atomic E-state index is 0. The summed E-state index contributed by atoms with van der Waals surface area (Å²) in [5, 5.41) is 10.9. The second-order valence-electron chi connectivity index (χ2n) is 7.12. The van der Waals surface area contributed by atoms with E-state index in [1.807, 2.05) is 56.2 Å². The van der Waals surface area contributed by atoms with Crippen molar-refractivity contribution in [2.24, 2.45) is 4.99 Å². The summed E-state index contributed by atoms with van der Waals surface area (Å²) in [7, 11) is 8.02. The Labute approximate surface area is 199 Å². The lowest BCUT2D eigenvalue weighted by molar-refractivity contribution is 0.803. The fourth-order valence-electron chi connectivity index (χ4n) is 2.86. The molecule has 7 nitrogen and oxygen atoms in total. The van der Waals surface area contributed by atoms with Crippen molar-refractivity contribution in [2.45, 2.75) is 20.0 Å². The van der Waals surface area contributed by atoms with Gasteiger partial charge in [0.2, 0.25) is 0 Å². The molecular formula is C21H30IN7S. The van der Waals surface area contributed by atoms with E-state index in [-0.39, 0.29) is 24.0 Å². The summed E-state index contributed by atoms with van der Waals surface area (Å²) in [5.74, 6) is 1.71. The Bertz CT molecular complexity index is 984. The fourth-order valence-corrected chi connectivity index (χ4v) is 3.61. The molecule has 3 aromatic rings. The highest BCUT2D eigenvalue weighted by molar-refractivity contribution is 14.0. The topological polar surface area (TPSA) is 68.7 Å². The van der Waals surface area contributed by atoms with Crippen molar-refractivity contribution < 1.29 is 0 Å². The number of nitrogens with zero attached hydrogens (tertiary/aromatic N) is 5. The predicted octanol–water partition coefficient (Wildman–Crippen LogP) is 3.70. The van der Waals surface area contributed by atoms with Gasteiger partial charge >= 0.3 is 0 Å². The summed E-state index contributed by atoms with van der Waals surface area (Å²) < 4.78 is 0. The molecule has 162 valence electrons. The van der Waals surface area contributed by atoms with Crippen LogP contribution in [-0.4, -0.2) is 50.7 Å². The van der Waals surface area contributed by atoms with Crippen LogP contribution in [0.1, 0.15) is 18.2 Å². The van der Waals surface area contributed by atoms with Crippen molar-refractivity contribution in [1.29, 1.82) is 0 Å². The summed E-state index contributed by atoms with van der Waals surface area (Å²) in [6.45, 7) is 4.07. The van der Waals surface area contributed by atoms with Gasteiger partial charge in [0.05, 0.1) is 24.3 Å². The maximum Gasteiger partial charge on any atom is 0.191 e. The molecule has 0 radical (unpaired) electrons. The third-order valence-corrected chi connectivity index (χ3v) is 5.41. The van der Waals surface area contributed by atoms with E-state index in [0.717, 1.165) is 45.6 Å². The Morgan fingerprint density at radius 1 is 1.07 bits per heavy atom. The number of fused-ring (bicyclic) bond motifs is 1. The average Bonchev–Trinajstić information content (AvgIpc) is 3.19. The molecule has 0 aliphatic carbocycles. The average molecular weight is 539 g/mol. The van der Waals surface area contributed by atoms with E-state index in [1.165, 1.54) is 0 Å². The fraction of sp³-hybridized carbons (Fsp3) is 0.381. The number of pyridine rings is 1. The monoisotopic (exact) mass is 539 g/mol. The van der Waals surface area contributed by atoms with Gasteiger partial charge in [-0.2, -0.15) is 0 Å². The van der Waals surface area contributed by atoms with Crippen molar-refractivity contribution in [3.05, 3.63) is 47.0 Å². The van der Waals surface area contributed by atoms with Crippen LogP contribution in [0.2, 0.25) is 0 Å². The van der Waals surface area contributed by atoms with Crippen LogP contribution >= 0.6 is 35.3 Å². The smallest absolute Gasteiger partial charge is 0.191 e. The molecule has 0 unspecified atom stereocenters. The van der Waals surface area contributed by atoms with Crippen LogP contribution < -0.4 is 20.4 Å². The van der Waals surface area contributed by atoms with Gasteiger partial charge in [0.1, 0.15) is 5.82 Å². The molecular weight excluding hydrogens is 509 g/mol. The number of guanidine groups is 1. The SMILES string of the molecule is CCNC(=NCc1cc(N(C)C)nc2ccccc12)NCc1csc(N(C)C)n1.I. The molecule has 30 heavy (non-hydrogen) atoms. The quantitative estimate of drug-likeness (QED) is 0.271. The molecule has 0 aliphatic heterocycles. The molecule has 0 spiro atoms. The van der Waals surface area contributed by atoms with Crippen LogP contribution in [0.3, 0.4) is 0 Å². The second kappa shape index (κ2) is 11.3. The largest absolute Gasteiger partial charge is 0.363 e. The number of para-hydroxylation sites is 1. The van der Waals surface area contributed by atoms with E-state index < -0.39 is 0 Å². The Kier molecular flexibility index (Phi) is 9.09. The second-order valence-corrected chi connectivity index (χ2v) is 7.95. The summed E-state index contributed by atoms with van der Waals surface area (Å²) in [6, 6.07) is 10.3. The number of halogens is 1. The van der Waals surface area contributed by atoms with E-state index >= 15 is 0 Å². The zero-order chi connectivity index (χ0) is 20.8. The van der Waals surface area contributed by atoms with E-state index in [1.54, 1.807) is 11.3 Å².